The van der Waals surface area contributed by atoms with Crippen LogP contribution in [0.3, 0.4) is 0 Å². The van der Waals surface area contributed by atoms with Gasteiger partial charge in [0.2, 0.25) is 11.8 Å². The average Bonchev–Trinajstić information content (AvgIpc) is 3.33. The van der Waals surface area contributed by atoms with E-state index >= 15 is 0 Å². The van der Waals surface area contributed by atoms with E-state index in [2.05, 4.69) is 4.98 Å². The third-order valence-electron chi connectivity index (χ3n) is 5.48. The highest BCUT2D eigenvalue weighted by Crippen LogP contribution is 2.27. The molecule has 0 unspecified atom stereocenters. The van der Waals surface area contributed by atoms with Gasteiger partial charge < -0.3 is 14.2 Å². The van der Waals surface area contributed by atoms with Crippen molar-refractivity contribution in [1.82, 2.24) is 14.8 Å². The van der Waals surface area contributed by atoms with Gasteiger partial charge in [0.15, 0.2) is 5.89 Å². The lowest BCUT2D eigenvalue weighted by Gasteiger charge is -2.32. The number of halogens is 1. The maximum Gasteiger partial charge on any atom is 0.242 e. The topological polar surface area (TPSA) is 66.7 Å². The molecule has 2 amide bonds. The predicted octanol–water partition coefficient (Wildman–Crippen LogP) is 3.25. The van der Waals surface area contributed by atoms with E-state index in [1.165, 1.54) is 0 Å². The molecule has 0 radical (unpaired) electrons. The molecule has 0 spiro atoms. The van der Waals surface area contributed by atoms with Crippen LogP contribution in [0, 0.1) is 0 Å². The van der Waals surface area contributed by atoms with Crippen LogP contribution in [0.1, 0.15) is 48.8 Å². The number of amides is 2. The second-order valence-electron chi connectivity index (χ2n) is 7.57. The Morgan fingerprint density at radius 3 is 2.79 bits per heavy atom. The quantitative estimate of drug-likeness (QED) is 0.771. The zero-order valence-corrected chi connectivity index (χ0v) is 16.5. The minimum absolute atomic E-state index is 0.0212. The van der Waals surface area contributed by atoms with E-state index in [1.807, 2.05) is 29.2 Å². The van der Waals surface area contributed by atoms with Crippen molar-refractivity contribution in [3.63, 3.8) is 0 Å². The van der Waals surface area contributed by atoms with E-state index in [0.29, 0.717) is 36.8 Å². The molecule has 148 valence electrons. The minimum atomic E-state index is 0.0212. The highest BCUT2D eigenvalue weighted by molar-refractivity contribution is 6.30. The number of carbonyl (C=O) groups is 2. The van der Waals surface area contributed by atoms with Crippen molar-refractivity contribution in [3.8, 4) is 0 Å². The zero-order chi connectivity index (χ0) is 19.5. The van der Waals surface area contributed by atoms with Crippen LogP contribution in [0.2, 0.25) is 5.02 Å². The molecule has 0 saturated carbocycles. The Morgan fingerprint density at radius 1 is 1.21 bits per heavy atom. The smallest absolute Gasteiger partial charge is 0.242 e. The lowest BCUT2D eigenvalue weighted by Crippen LogP contribution is -2.45. The maximum atomic E-state index is 12.6. The van der Waals surface area contributed by atoms with E-state index in [-0.39, 0.29) is 24.3 Å². The molecule has 2 aliphatic rings. The van der Waals surface area contributed by atoms with Crippen molar-refractivity contribution in [2.75, 3.05) is 26.2 Å². The van der Waals surface area contributed by atoms with Gasteiger partial charge in [0.1, 0.15) is 5.76 Å². The van der Waals surface area contributed by atoms with Gasteiger partial charge in [-0.1, -0.05) is 23.7 Å². The highest BCUT2D eigenvalue weighted by Gasteiger charge is 2.30. The molecule has 2 aromatic rings. The number of nitrogens with zero attached hydrogens (tertiary/aromatic N) is 3. The molecular weight excluding hydrogens is 378 g/mol. The molecule has 0 N–H and O–H groups in total. The Morgan fingerprint density at radius 2 is 2.04 bits per heavy atom. The molecule has 2 saturated heterocycles. The van der Waals surface area contributed by atoms with Crippen LogP contribution in [0.25, 0.3) is 0 Å². The largest absolute Gasteiger partial charge is 0.445 e. The second-order valence-corrected chi connectivity index (χ2v) is 8.00. The summed E-state index contributed by atoms with van der Waals surface area (Å²) in [6, 6.07) is 7.68. The van der Waals surface area contributed by atoms with E-state index < -0.39 is 0 Å². The van der Waals surface area contributed by atoms with E-state index in [0.717, 1.165) is 37.1 Å². The van der Waals surface area contributed by atoms with Crippen molar-refractivity contribution in [2.45, 2.75) is 38.0 Å². The normalized spacial score (nSPS) is 20.0. The van der Waals surface area contributed by atoms with Gasteiger partial charge in [0, 0.05) is 37.5 Å². The fraction of sp³-hybridized carbons (Fsp3) is 0.476. The maximum absolute atomic E-state index is 12.6. The number of hydrogen-bond acceptors (Lipinski definition) is 4. The summed E-state index contributed by atoms with van der Waals surface area (Å²) in [6.45, 7) is 2.21. The summed E-state index contributed by atoms with van der Waals surface area (Å²) in [6.07, 6.45) is 5.71. The summed E-state index contributed by atoms with van der Waals surface area (Å²) >= 11 is 5.93. The standard InChI is InChI=1S/C21H24ClN3O3/c22-17-7-5-15(6-8-17)11-18-12-23-21(28-18)16-3-1-9-24(13-16)20(27)14-25-10-2-4-19(25)26/h5-8,12,16H,1-4,9-11,13-14H2/t16-/m0/s1. The first kappa shape index (κ1) is 19.0. The molecule has 4 rings (SSSR count). The average molecular weight is 402 g/mol. The Labute approximate surface area is 169 Å². The number of piperidine rings is 1. The van der Waals surface area contributed by atoms with Crippen molar-refractivity contribution >= 4 is 23.4 Å². The fourth-order valence-corrected chi connectivity index (χ4v) is 4.06. The van der Waals surface area contributed by atoms with Crippen LogP contribution < -0.4 is 0 Å². The molecule has 2 fully saturated rings. The molecule has 1 atom stereocenters. The molecule has 0 bridgehead atoms. The molecule has 2 aliphatic heterocycles. The number of hydrogen-bond donors (Lipinski definition) is 0. The summed E-state index contributed by atoms with van der Waals surface area (Å²) in [4.78, 5) is 32.4. The van der Waals surface area contributed by atoms with Crippen molar-refractivity contribution in [3.05, 3.63) is 52.7 Å². The molecule has 7 heteroatoms. The predicted molar refractivity (Wildman–Crippen MR) is 105 cm³/mol. The van der Waals surface area contributed by atoms with Gasteiger partial charge in [-0.25, -0.2) is 4.98 Å². The van der Waals surface area contributed by atoms with E-state index in [1.54, 1.807) is 11.1 Å². The summed E-state index contributed by atoms with van der Waals surface area (Å²) in [5, 5.41) is 0.713. The Hall–Kier alpha value is -2.34. The van der Waals surface area contributed by atoms with E-state index in [9.17, 15) is 9.59 Å². The first-order valence-electron chi connectivity index (χ1n) is 9.83. The van der Waals surface area contributed by atoms with Crippen LogP contribution in [-0.2, 0) is 16.0 Å². The fourth-order valence-electron chi connectivity index (χ4n) is 3.94. The van der Waals surface area contributed by atoms with Gasteiger partial charge in [-0.2, -0.15) is 0 Å². The van der Waals surface area contributed by atoms with Crippen LogP contribution in [0.5, 0.6) is 0 Å². The summed E-state index contributed by atoms with van der Waals surface area (Å²) in [5.41, 5.74) is 1.11. The number of aromatic nitrogens is 1. The van der Waals surface area contributed by atoms with Gasteiger partial charge in [0.25, 0.3) is 0 Å². The number of benzene rings is 1. The zero-order valence-electron chi connectivity index (χ0n) is 15.8. The third-order valence-corrected chi connectivity index (χ3v) is 5.74. The molecular formula is C21H24ClN3O3. The van der Waals surface area contributed by atoms with Crippen LogP contribution >= 0.6 is 11.6 Å². The lowest BCUT2D eigenvalue weighted by molar-refractivity contribution is -0.139. The molecule has 6 nitrogen and oxygen atoms in total. The summed E-state index contributed by atoms with van der Waals surface area (Å²) < 4.78 is 5.99. The highest BCUT2D eigenvalue weighted by atomic mass is 35.5. The second kappa shape index (κ2) is 8.35. The minimum Gasteiger partial charge on any atom is -0.445 e. The molecule has 1 aromatic carbocycles. The van der Waals surface area contributed by atoms with Crippen molar-refractivity contribution in [2.24, 2.45) is 0 Å². The molecule has 0 aliphatic carbocycles. The number of carbonyl (C=O) groups excluding carboxylic acids is 2. The SMILES string of the molecule is O=C1CCCN1CC(=O)N1CCC[C@H](c2ncc(Cc3ccc(Cl)cc3)o2)C1. The van der Waals surface area contributed by atoms with Gasteiger partial charge in [0.05, 0.1) is 18.7 Å². The first-order chi connectivity index (χ1) is 13.6. The Kier molecular flexibility index (Phi) is 5.67. The summed E-state index contributed by atoms with van der Waals surface area (Å²) in [5.74, 6) is 1.71. The van der Waals surface area contributed by atoms with Crippen LogP contribution in [-0.4, -0.2) is 52.8 Å². The van der Waals surface area contributed by atoms with Gasteiger partial charge in [-0.05, 0) is 37.0 Å². The molecule has 3 heterocycles. The van der Waals surface area contributed by atoms with Crippen molar-refractivity contribution in [1.29, 1.82) is 0 Å². The monoisotopic (exact) mass is 401 g/mol. The van der Waals surface area contributed by atoms with Crippen molar-refractivity contribution < 1.29 is 14.0 Å². The van der Waals surface area contributed by atoms with E-state index in [4.69, 9.17) is 16.0 Å². The Balaban J connectivity index is 1.36. The number of likely N-dealkylation sites (tertiary alicyclic amines) is 2. The van der Waals surface area contributed by atoms with Crippen LogP contribution in [0.4, 0.5) is 0 Å². The molecule has 28 heavy (non-hydrogen) atoms. The van der Waals surface area contributed by atoms with Gasteiger partial charge in [-0.15, -0.1) is 0 Å². The van der Waals surface area contributed by atoms with Gasteiger partial charge >= 0.3 is 0 Å². The number of oxazole rings is 1. The molecule has 1 aromatic heterocycles. The number of rotatable bonds is 5. The Bertz CT molecular complexity index is 849. The van der Waals surface area contributed by atoms with Gasteiger partial charge in [-0.3, -0.25) is 9.59 Å². The first-order valence-corrected chi connectivity index (χ1v) is 10.2. The third kappa shape index (κ3) is 4.38. The lowest BCUT2D eigenvalue weighted by atomic mass is 9.98. The van der Waals surface area contributed by atoms with Crippen LogP contribution in [0.15, 0.2) is 34.9 Å². The summed E-state index contributed by atoms with van der Waals surface area (Å²) in [7, 11) is 0.